The lowest BCUT2D eigenvalue weighted by atomic mass is 9.95. The molecule has 0 bridgehead atoms. The van der Waals surface area contributed by atoms with Gasteiger partial charge in [0.05, 0.1) is 24.1 Å². The van der Waals surface area contributed by atoms with Crippen molar-refractivity contribution < 1.29 is 4.74 Å². The molecule has 4 nitrogen and oxygen atoms in total. The highest BCUT2D eigenvalue weighted by Gasteiger charge is 2.22. The third kappa shape index (κ3) is 3.08. The number of aromatic nitrogens is 2. The number of aliphatic imine (C=N–C) groups is 1. The largest absolute Gasteiger partial charge is 0.490 e. The van der Waals surface area contributed by atoms with Crippen molar-refractivity contribution in [3.05, 3.63) is 76.7 Å². The lowest BCUT2D eigenvalue weighted by molar-refractivity contribution is 0.242. The fourth-order valence-corrected chi connectivity index (χ4v) is 3.31. The van der Waals surface area contributed by atoms with E-state index in [0.29, 0.717) is 11.6 Å². The third-order valence-corrected chi connectivity index (χ3v) is 4.43. The summed E-state index contributed by atoms with van der Waals surface area (Å²) >= 11 is 6.31. The predicted molar refractivity (Wildman–Crippen MR) is 104 cm³/mol. The molecular formula is C21H18ClN3O. The molecule has 0 aliphatic carbocycles. The second-order valence-electron chi connectivity index (χ2n) is 6.41. The molecule has 0 saturated carbocycles. The molecule has 0 spiro atoms. The van der Waals surface area contributed by atoms with Gasteiger partial charge in [-0.15, -0.1) is 0 Å². The molecule has 1 aromatic heterocycles. The summed E-state index contributed by atoms with van der Waals surface area (Å²) in [4.78, 5) is 13.5. The molecule has 4 rings (SSSR count). The summed E-state index contributed by atoms with van der Waals surface area (Å²) in [5.74, 6) is 0.809. The maximum Gasteiger partial charge on any atom is 0.129 e. The van der Waals surface area contributed by atoms with E-state index in [9.17, 15) is 0 Å². The molecule has 2 aromatic carbocycles. The Morgan fingerprint density at radius 2 is 1.88 bits per heavy atom. The maximum absolute atomic E-state index is 6.31. The van der Waals surface area contributed by atoms with Gasteiger partial charge in [-0.25, -0.2) is 9.97 Å². The van der Waals surface area contributed by atoms with Crippen LogP contribution in [-0.2, 0) is 6.54 Å². The standard InChI is InChI=1S/C21H18ClN3O/c1-13(2)26-19-6-4-3-5-17(19)21-18-9-15(22)7-8-16(18)20-14(11-24-21)10-23-12-25-20/h3-10,12-13H,11H2,1-2H3. The lowest BCUT2D eigenvalue weighted by Crippen LogP contribution is -2.12. The zero-order valence-corrected chi connectivity index (χ0v) is 15.4. The summed E-state index contributed by atoms with van der Waals surface area (Å²) in [7, 11) is 0. The van der Waals surface area contributed by atoms with Crippen molar-refractivity contribution in [1.29, 1.82) is 0 Å². The minimum atomic E-state index is 0.0735. The van der Waals surface area contributed by atoms with Gasteiger partial charge in [0.1, 0.15) is 12.1 Å². The zero-order chi connectivity index (χ0) is 18.1. The Morgan fingerprint density at radius 3 is 2.73 bits per heavy atom. The number of fused-ring (bicyclic) bond motifs is 3. The number of rotatable bonds is 3. The first-order valence-electron chi connectivity index (χ1n) is 8.53. The van der Waals surface area contributed by atoms with Gasteiger partial charge in [-0.1, -0.05) is 29.8 Å². The minimum absolute atomic E-state index is 0.0735. The summed E-state index contributed by atoms with van der Waals surface area (Å²) in [6, 6.07) is 13.8. The van der Waals surface area contributed by atoms with Crippen LogP contribution in [0.4, 0.5) is 0 Å². The Bertz CT molecular complexity index is 998. The Labute approximate surface area is 157 Å². The summed E-state index contributed by atoms with van der Waals surface area (Å²) in [5, 5.41) is 0.663. The van der Waals surface area contributed by atoms with Crippen molar-refractivity contribution in [3.8, 4) is 17.0 Å². The van der Waals surface area contributed by atoms with Crippen LogP contribution >= 0.6 is 11.6 Å². The smallest absolute Gasteiger partial charge is 0.129 e. The van der Waals surface area contributed by atoms with Crippen LogP contribution < -0.4 is 4.74 Å². The molecule has 1 aliphatic rings. The molecule has 0 atom stereocenters. The van der Waals surface area contributed by atoms with Crippen molar-refractivity contribution in [1.82, 2.24) is 9.97 Å². The first-order chi connectivity index (χ1) is 12.6. The quantitative estimate of drug-likeness (QED) is 0.662. The van der Waals surface area contributed by atoms with Gasteiger partial charge in [0.2, 0.25) is 0 Å². The Kier molecular flexibility index (Phi) is 4.43. The second-order valence-corrected chi connectivity index (χ2v) is 6.85. The van der Waals surface area contributed by atoms with Gasteiger partial charge in [-0.2, -0.15) is 0 Å². The van der Waals surface area contributed by atoms with Crippen molar-refractivity contribution in [2.45, 2.75) is 26.5 Å². The molecule has 0 fully saturated rings. The Hall–Kier alpha value is -2.72. The third-order valence-electron chi connectivity index (χ3n) is 4.19. The normalized spacial score (nSPS) is 12.8. The second kappa shape index (κ2) is 6.89. The molecule has 0 radical (unpaired) electrons. The SMILES string of the molecule is CC(C)Oc1ccccc1C1=NCc2cncnc2-c2ccc(Cl)cc21. The molecule has 0 saturated heterocycles. The van der Waals surface area contributed by atoms with E-state index in [1.165, 1.54) is 0 Å². The van der Waals surface area contributed by atoms with Gasteiger partial charge >= 0.3 is 0 Å². The van der Waals surface area contributed by atoms with Gasteiger partial charge < -0.3 is 4.74 Å². The molecule has 26 heavy (non-hydrogen) atoms. The zero-order valence-electron chi connectivity index (χ0n) is 14.6. The van der Waals surface area contributed by atoms with Gasteiger partial charge in [0.15, 0.2) is 0 Å². The van der Waals surface area contributed by atoms with E-state index in [1.54, 1.807) is 6.33 Å². The highest BCUT2D eigenvalue weighted by atomic mass is 35.5. The fraction of sp³-hybridized carbons (Fsp3) is 0.190. The number of hydrogen-bond donors (Lipinski definition) is 0. The van der Waals surface area contributed by atoms with Gasteiger partial charge in [0, 0.05) is 33.5 Å². The van der Waals surface area contributed by atoms with Crippen LogP contribution in [0.3, 0.4) is 0 Å². The summed E-state index contributed by atoms with van der Waals surface area (Å²) in [6.45, 7) is 4.54. The van der Waals surface area contributed by atoms with Crippen LogP contribution in [0.25, 0.3) is 11.3 Å². The first kappa shape index (κ1) is 16.7. The Balaban J connectivity index is 1.95. The van der Waals surface area contributed by atoms with Crippen LogP contribution in [-0.4, -0.2) is 21.8 Å². The van der Waals surface area contributed by atoms with E-state index in [0.717, 1.165) is 39.4 Å². The van der Waals surface area contributed by atoms with E-state index in [4.69, 9.17) is 21.3 Å². The fourth-order valence-electron chi connectivity index (χ4n) is 3.13. The first-order valence-corrected chi connectivity index (χ1v) is 8.91. The molecular weight excluding hydrogens is 346 g/mol. The lowest BCUT2D eigenvalue weighted by Gasteiger charge is -2.17. The molecule has 3 aromatic rings. The van der Waals surface area contributed by atoms with E-state index < -0.39 is 0 Å². The molecule has 5 heteroatoms. The number of hydrogen-bond acceptors (Lipinski definition) is 4. The number of benzene rings is 2. The summed E-state index contributed by atoms with van der Waals surface area (Å²) in [6.07, 6.45) is 3.46. The van der Waals surface area contributed by atoms with E-state index >= 15 is 0 Å². The molecule has 0 N–H and O–H groups in total. The predicted octanol–water partition coefficient (Wildman–Crippen LogP) is 4.94. The van der Waals surface area contributed by atoms with Crippen molar-refractivity contribution in [3.63, 3.8) is 0 Å². The van der Waals surface area contributed by atoms with Crippen molar-refractivity contribution in [2.24, 2.45) is 4.99 Å². The molecule has 0 unspecified atom stereocenters. The minimum Gasteiger partial charge on any atom is -0.490 e. The van der Waals surface area contributed by atoms with Gasteiger partial charge in [-0.05, 0) is 38.1 Å². The number of nitrogens with zero attached hydrogens (tertiary/aromatic N) is 3. The highest BCUT2D eigenvalue weighted by molar-refractivity contribution is 6.31. The van der Waals surface area contributed by atoms with E-state index in [2.05, 4.69) is 9.97 Å². The molecule has 0 amide bonds. The molecule has 2 heterocycles. The van der Waals surface area contributed by atoms with Crippen LogP contribution in [0.2, 0.25) is 5.02 Å². The number of ether oxygens (including phenoxy) is 1. The average Bonchev–Trinajstić information content (AvgIpc) is 2.78. The molecule has 1 aliphatic heterocycles. The number of halogens is 1. The van der Waals surface area contributed by atoms with Crippen LogP contribution in [0.15, 0.2) is 60.0 Å². The van der Waals surface area contributed by atoms with Crippen LogP contribution in [0.5, 0.6) is 5.75 Å². The van der Waals surface area contributed by atoms with Crippen LogP contribution in [0, 0.1) is 0 Å². The summed E-state index contributed by atoms with van der Waals surface area (Å²) < 4.78 is 6.02. The Morgan fingerprint density at radius 1 is 1.04 bits per heavy atom. The maximum atomic E-state index is 6.31. The highest BCUT2D eigenvalue weighted by Crippen LogP contribution is 2.34. The molecule has 130 valence electrons. The van der Waals surface area contributed by atoms with E-state index in [1.807, 2.05) is 62.5 Å². The summed E-state index contributed by atoms with van der Waals surface area (Å²) in [5.41, 5.74) is 5.65. The average molecular weight is 364 g/mol. The van der Waals surface area contributed by atoms with Crippen molar-refractivity contribution >= 4 is 17.3 Å². The topological polar surface area (TPSA) is 47.4 Å². The van der Waals surface area contributed by atoms with Crippen LogP contribution in [0.1, 0.15) is 30.5 Å². The van der Waals surface area contributed by atoms with E-state index in [-0.39, 0.29) is 6.10 Å². The monoisotopic (exact) mass is 363 g/mol. The van der Waals surface area contributed by atoms with Gasteiger partial charge in [-0.3, -0.25) is 4.99 Å². The van der Waals surface area contributed by atoms with Crippen molar-refractivity contribution in [2.75, 3.05) is 0 Å². The van der Waals surface area contributed by atoms with Gasteiger partial charge in [0.25, 0.3) is 0 Å². The number of para-hydroxylation sites is 1.